The number of hydrogen-bond acceptors (Lipinski definition) is 3. The minimum atomic E-state index is -1.88. The highest BCUT2D eigenvalue weighted by Gasteiger charge is 2.19. The lowest BCUT2D eigenvalue weighted by molar-refractivity contribution is 0.654. The molecule has 0 aromatic rings. The van der Waals surface area contributed by atoms with E-state index in [2.05, 4.69) is 0 Å². The summed E-state index contributed by atoms with van der Waals surface area (Å²) in [6, 6.07) is 0. The maximum absolute atomic E-state index is 9.05. The van der Waals surface area contributed by atoms with Gasteiger partial charge in [0.25, 0.3) is 0 Å². The molecule has 0 saturated carbocycles. The standard InChI is InChI=1S/C2H5OPS3/c3-4(5)6-1-2-7-4/h1-2H2,(H,3,5). The van der Waals surface area contributed by atoms with Gasteiger partial charge in [-0.1, -0.05) is 22.8 Å². The summed E-state index contributed by atoms with van der Waals surface area (Å²) in [5.74, 6) is 2.08. The molecule has 1 heterocycles. The molecule has 0 spiro atoms. The minimum Gasteiger partial charge on any atom is -0.350 e. The molecule has 0 radical (unpaired) electrons. The normalized spacial score (nSPS) is 28.1. The molecule has 0 aliphatic carbocycles. The van der Waals surface area contributed by atoms with E-state index in [4.69, 9.17) is 16.7 Å². The van der Waals surface area contributed by atoms with Gasteiger partial charge < -0.3 is 4.89 Å². The van der Waals surface area contributed by atoms with Crippen LogP contribution in [-0.2, 0) is 11.8 Å². The SMILES string of the molecule is OP1(=S)SCCS1. The van der Waals surface area contributed by atoms with Gasteiger partial charge in [-0.15, -0.1) is 0 Å². The first kappa shape index (κ1) is 6.43. The van der Waals surface area contributed by atoms with Gasteiger partial charge in [-0.25, -0.2) is 0 Å². The van der Waals surface area contributed by atoms with Crippen LogP contribution in [0.3, 0.4) is 0 Å². The van der Waals surface area contributed by atoms with Crippen molar-refractivity contribution in [3.05, 3.63) is 0 Å². The van der Waals surface area contributed by atoms with Crippen LogP contribution in [0.4, 0.5) is 0 Å². The van der Waals surface area contributed by atoms with Crippen molar-refractivity contribution in [3.8, 4) is 0 Å². The predicted octanol–water partition coefficient (Wildman–Crippen LogP) is 1.68. The summed E-state index contributed by atoms with van der Waals surface area (Å²) in [6.45, 7) is 0. The highest BCUT2D eigenvalue weighted by molar-refractivity contribution is 9.00. The Hall–Kier alpha value is 1.31. The summed E-state index contributed by atoms with van der Waals surface area (Å²) in [5.41, 5.74) is 0. The molecule has 1 rings (SSSR count). The summed E-state index contributed by atoms with van der Waals surface area (Å²) in [6.07, 6.45) is 0. The fourth-order valence-electron chi connectivity index (χ4n) is 0.343. The topological polar surface area (TPSA) is 20.2 Å². The van der Waals surface area contributed by atoms with Gasteiger partial charge in [-0.3, -0.25) is 0 Å². The summed E-state index contributed by atoms with van der Waals surface area (Å²) in [7, 11) is 0. The molecule has 1 aliphatic rings. The van der Waals surface area contributed by atoms with Crippen LogP contribution in [0.1, 0.15) is 0 Å². The van der Waals surface area contributed by atoms with Gasteiger partial charge in [0.1, 0.15) is 0 Å². The average molecular weight is 172 g/mol. The number of hydrogen-bond donors (Lipinski definition) is 1. The Kier molecular flexibility index (Phi) is 2.09. The Morgan fingerprint density at radius 3 is 2.00 bits per heavy atom. The van der Waals surface area contributed by atoms with E-state index < -0.39 is 4.67 Å². The van der Waals surface area contributed by atoms with Gasteiger partial charge in [0.2, 0.25) is 0 Å². The molecule has 42 valence electrons. The molecule has 1 aliphatic heterocycles. The Balaban J connectivity index is 2.57. The second kappa shape index (κ2) is 2.28. The molecule has 0 atom stereocenters. The molecular weight excluding hydrogens is 167 g/mol. The smallest absolute Gasteiger partial charge is 0.172 e. The molecule has 1 nitrogen and oxygen atoms in total. The van der Waals surface area contributed by atoms with Crippen LogP contribution in [-0.4, -0.2) is 16.4 Å². The summed E-state index contributed by atoms with van der Waals surface area (Å²) >= 11 is 7.89. The van der Waals surface area contributed by atoms with E-state index in [9.17, 15) is 0 Å². The molecule has 0 unspecified atom stereocenters. The van der Waals surface area contributed by atoms with Gasteiger partial charge >= 0.3 is 0 Å². The number of rotatable bonds is 0. The second-order valence-corrected chi connectivity index (χ2v) is 11.8. The van der Waals surface area contributed by atoms with Crippen molar-refractivity contribution in [2.75, 3.05) is 11.5 Å². The van der Waals surface area contributed by atoms with Gasteiger partial charge in [0, 0.05) is 11.5 Å². The van der Waals surface area contributed by atoms with E-state index in [1.807, 2.05) is 0 Å². The molecular formula is C2H5OPS3. The third-order valence-corrected chi connectivity index (χ3v) is 9.12. The molecule has 1 saturated heterocycles. The molecule has 0 amide bonds. The van der Waals surface area contributed by atoms with E-state index in [0.717, 1.165) is 11.5 Å². The molecule has 7 heavy (non-hydrogen) atoms. The quantitative estimate of drug-likeness (QED) is 0.561. The fraction of sp³-hybridized carbons (Fsp3) is 1.00. The van der Waals surface area contributed by atoms with Crippen molar-refractivity contribution in [1.29, 1.82) is 0 Å². The zero-order valence-electron chi connectivity index (χ0n) is 3.53. The summed E-state index contributed by atoms with van der Waals surface area (Å²) in [5, 5.41) is 0. The zero-order valence-corrected chi connectivity index (χ0v) is 6.88. The van der Waals surface area contributed by atoms with Crippen molar-refractivity contribution < 1.29 is 4.89 Å². The van der Waals surface area contributed by atoms with Crippen LogP contribution in [0, 0.1) is 0 Å². The van der Waals surface area contributed by atoms with Crippen molar-refractivity contribution in [2.24, 2.45) is 0 Å². The van der Waals surface area contributed by atoms with Crippen LogP contribution in [0.15, 0.2) is 0 Å². The first-order chi connectivity index (χ1) is 3.21. The van der Waals surface area contributed by atoms with Crippen molar-refractivity contribution in [3.63, 3.8) is 0 Å². The third kappa shape index (κ3) is 1.94. The Labute approximate surface area is 55.8 Å². The monoisotopic (exact) mass is 172 g/mol. The Morgan fingerprint density at radius 1 is 1.43 bits per heavy atom. The van der Waals surface area contributed by atoms with Crippen molar-refractivity contribution in [1.82, 2.24) is 0 Å². The highest BCUT2D eigenvalue weighted by atomic mass is 33.2. The van der Waals surface area contributed by atoms with Gasteiger partial charge in [-0.2, -0.15) is 0 Å². The van der Waals surface area contributed by atoms with Crippen molar-refractivity contribution in [2.45, 2.75) is 0 Å². The maximum Gasteiger partial charge on any atom is 0.172 e. The lowest BCUT2D eigenvalue weighted by atomic mass is 11.0. The second-order valence-electron chi connectivity index (χ2n) is 1.14. The Bertz CT molecular complexity index is 104. The summed E-state index contributed by atoms with van der Waals surface area (Å²) < 4.78 is -1.88. The predicted molar refractivity (Wildman–Crippen MR) is 41.4 cm³/mol. The van der Waals surface area contributed by atoms with Crippen LogP contribution >= 0.6 is 27.4 Å². The average Bonchev–Trinajstić information content (AvgIpc) is 1.84. The first-order valence-electron chi connectivity index (χ1n) is 1.83. The molecule has 1 N–H and O–H groups in total. The molecule has 1 fully saturated rings. The molecule has 0 bridgehead atoms. The molecule has 0 aromatic carbocycles. The molecule has 5 heteroatoms. The fourth-order valence-corrected chi connectivity index (χ4v) is 7.78. The van der Waals surface area contributed by atoms with E-state index in [1.165, 1.54) is 0 Å². The van der Waals surface area contributed by atoms with E-state index in [1.54, 1.807) is 22.8 Å². The van der Waals surface area contributed by atoms with E-state index >= 15 is 0 Å². The minimum absolute atomic E-state index is 1.04. The summed E-state index contributed by atoms with van der Waals surface area (Å²) in [4.78, 5) is 9.05. The third-order valence-electron chi connectivity index (χ3n) is 0.592. The lowest BCUT2D eigenvalue weighted by Crippen LogP contribution is -1.64. The first-order valence-corrected chi connectivity index (χ1v) is 7.76. The molecule has 0 aromatic heterocycles. The largest absolute Gasteiger partial charge is 0.350 e. The lowest BCUT2D eigenvalue weighted by Gasteiger charge is -1.98. The maximum atomic E-state index is 9.05. The van der Waals surface area contributed by atoms with Gasteiger partial charge in [-0.05, 0) is 11.8 Å². The highest BCUT2D eigenvalue weighted by Crippen LogP contribution is 2.70. The van der Waals surface area contributed by atoms with Crippen LogP contribution in [0.5, 0.6) is 0 Å². The van der Waals surface area contributed by atoms with Gasteiger partial charge in [0.05, 0.1) is 0 Å². The Morgan fingerprint density at radius 2 is 1.86 bits per heavy atom. The van der Waals surface area contributed by atoms with Gasteiger partial charge in [0.15, 0.2) is 4.67 Å². The van der Waals surface area contributed by atoms with E-state index in [0.29, 0.717) is 0 Å². The zero-order chi connectivity index (χ0) is 5.33. The van der Waals surface area contributed by atoms with Crippen LogP contribution < -0.4 is 0 Å². The van der Waals surface area contributed by atoms with Crippen molar-refractivity contribution >= 4 is 39.2 Å². The van der Waals surface area contributed by atoms with Crippen LogP contribution in [0.2, 0.25) is 0 Å². The van der Waals surface area contributed by atoms with E-state index in [-0.39, 0.29) is 0 Å². The van der Waals surface area contributed by atoms with Crippen LogP contribution in [0.25, 0.3) is 0 Å².